The third-order valence-corrected chi connectivity index (χ3v) is 5.03. The molecule has 1 unspecified atom stereocenters. The van der Waals surface area contributed by atoms with Gasteiger partial charge in [0.1, 0.15) is 11.6 Å². The van der Waals surface area contributed by atoms with Gasteiger partial charge in [0.25, 0.3) is 11.8 Å². The number of hydrogen-bond donors (Lipinski definition) is 2. The number of carbonyl (C=O) groups is 3. The zero-order chi connectivity index (χ0) is 20.0. The van der Waals surface area contributed by atoms with Gasteiger partial charge in [-0.2, -0.15) is 4.57 Å². The number of sulfonamides is 1. The zero-order valence-electron chi connectivity index (χ0n) is 14.9. The average Bonchev–Trinajstić information content (AvgIpc) is 3.09. The Morgan fingerprint density at radius 3 is 2.81 bits per heavy atom. The Bertz CT molecular complexity index is 829. The first-order valence-electron chi connectivity index (χ1n) is 8.01. The Balaban J connectivity index is 2.03. The summed E-state index contributed by atoms with van der Waals surface area (Å²) in [5.74, 6) is -0.505. The van der Waals surface area contributed by atoms with Crippen molar-refractivity contribution in [3.63, 3.8) is 0 Å². The van der Waals surface area contributed by atoms with Gasteiger partial charge in [0, 0.05) is 11.8 Å². The fourth-order valence-electron chi connectivity index (χ4n) is 2.34. The summed E-state index contributed by atoms with van der Waals surface area (Å²) < 4.78 is 28.6. The Morgan fingerprint density at radius 2 is 2.15 bits per heavy atom. The summed E-state index contributed by atoms with van der Waals surface area (Å²) in [6.07, 6.45) is 3.92. The number of hydrogen-bond acceptors (Lipinski definition) is 7. The lowest BCUT2D eigenvalue weighted by Crippen LogP contribution is -2.49. The molecule has 12 heteroatoms. The second-order valence-electron chi connectivity index (χ2n) is 5.72. The first-order chi connectivity index (χ1) is 12.7. The largest absolute Gasteiger partial charge is 0.464 e. The Labute approximate surface area is 161 Å². The van der Waals surface area contributed by atoms with Gasteiger partial charge in [0.15, 0.2) is 12.4 Å². The van der Waals surface area contributed by atoms with Crippen molar-refractivity contribution in [1.82, 2.24) is 15.2 Å². The van der Waals surface area contributed by atoms with Gasteiger partial charge in [0.2, 0.25) is 16.6 Å². The highest BCUT2D eigenvalue weighted by molar-refractivity contribution is 7.99. The number of esters is 1. The van der Waals surface area contributed by atoms with Gasteiger partial charge in [-0.05, 0) is 13.0 Å². The summed E-state index contributed by atoms with van der Waals surface area (Å²) in [7, 11) is -3.58. The van der Waals surface area contributed by atoms with Crippen LogP contribution >= 0.6 is 11.8 Å². The average molecular weight is 417 g/mol. The predicted molar refractivity (Wildman–Crippen MR) is 96.7 cm³/mol. The molecule has 0 aromatic carbocycles. The number of ether oxygens (including phenoxy) is 1. The SMILES string of the molecule is CCOC(=O)C1CSCN1C(=O)C[n+]1cccc(C(=O)NNS(C)(=O)=O)c1. The van der Waals surface area contributed by atoms with Crippen LogP contribution in [0.3, 0.4) is 0 Å². The number of aromatic nitrogens is 1. The minimum Gasteiger partial charge on any atom is -0.464 e. The normalized spacial score (nSPS) is 16.8. The van der Waals surface area contributed by atoms with E-state index in [0.29, 0.717) is 11.6 Å². The molecule has 1 aliphatic rings. The number of pyridine rings is 1. The van der Waals surface area contributed by atoms with E-state index in [1.54, 1.807) is 19.2 Å². The highest BCUT2D eigenvalue weighted by Gasteiger charge is 2.36. The van der Waals surface area contributed by atoms with Crippen molar-refractivity contribution in [3.05, 3.63) is 30.1 Å². The number of rotatable bonds is 7. The van der Waals surface area contributed by atoms with Crippen LogP contribution in [-0.4, -0.2) is 61.6 Å². The molecule has 1 atom stereocenters. The summed E-state index contributed by atoms with van der Waals surface area (Å²) >= 11 is 1.47. The molecular weight excluding hydrogens is 396 g/mol. The first kappa shape index (κ1) is 21.1. The van der Waals surface area contributed by atoms with Crippen molar-refractivity contribution in [2.24, 2.45) is 0 Å². The molecule has 1 aromatic rings. The van der Waals surface area contributed by atoms with E-state index in [-0.39, 0.29) is 24.6 Å². The van der Waals surface area contributed by atoms with E-state index in [0.717, 1.165) is 6.26 Å². The van der Waals surface area contributed by atoms with Crippen molar-refractivity contribution in [3.8, 4) is 0 Å². The fourth-order valence-corrected chi connectivity index (χ4v) is 3.78. The van der Waals surface area contributed by atoms with E-state index >= 15 is 0 Å². The first-order valence-corrected chi connectivity index (χ1v) is 11.1. The minimum absolute atomic E-state index is 0.0723. The molecule has 0 spiro atoms. The van der Waals surface area contributed by atoms with Gasteiger partial charge in [0.05, 0.1) is 18.7 Å². The molecule has 1 aromatic heterocycles. The van der Waals surface area contributed by atoms with Gasteiger partial charge in [-0.3, -0.25) is 15.0 Å². The summed E-state index contributed by atoms with van der Waals surface area (Å²) in [4.78, 5) is 39.9. The number of hydrazine groups is 1. The maximum atomic E-state index is 12.6. The maximum absolute atomic E-state index is 12.6. The van der Waals surface area contributed by atoms with E-state index < -0.39 is 27.9 Å². The molecule has 148 valence electrons. The van der Waals surface area contributed by atoms with Crippen LogP contribution < -0.4 is 14.8 Å². The third kappa shape index (κ3) is 6.19. The maximum Gasteiger partial charge on any atom is 0.329 e. The van der Waals surface area contributed by atoms with Gasteiger partial charge < -0.3 is 9.64 Å². The quantitative estimate of drug-likeness (QED) is 0.319. The molecule has 10 nitrogen and oxygen atoms in total. The highest BCUT2D eigenvalue weighted by atomic mass is 32.2. The smallest absolute Gasteiger partial charge is 0.329 e. The lowest BCUT2D eigenvalue weighted by molar-refractivity contribution is -0.685. The molecule has 2 N–H and O–H groups in total. The number of thioether (sulfide) groups is 1. The molecule has 2 rings (SSSR count). The van der Waals surface area contributed by atoms with E-state index in [1.807, 2.05) is 4.83 Å². The highest BCUT2D eigenvalue weighted by Crippen LogP contribution is 2.22. The summed E-state index contributed by atoms with van der Waals surface area (Å²) in [6.45, 7) is 1.88. The Hall–Kier alpha value is -2.18. The van der Waals surface area contributed by atoms with Gasteiger partial charge in [-0.1, -0.05) is 0 Å². The van der Waals surface area contributed by atoms with Crippen LogP contribution in [-0.2, 0) is 30.9 Å². The van der Waals surface area contributed by atoms with E-state index in [2.05, 4.69) is 5.43 Å². The van der Waals surface area contributed by atoms with Crippen LogP contribution in [0.2, 0.25) is 0 Å². The van der Waals surface area contributed by atoms with E-state index in [4.69, 9.17) is 4.74 Å². The second kappa shape index (κ2) is 9.15. The third-order valence-electron chi connectivity index (χ3n) is 3.55. The van der Waals surface area contributed by atoms with Gasteiger partial charge in [-0.15, -0.1) is 16.6 Å². The van der Waals surface area contributed by atoms with Crippen LogP contribution in [0.5, 0.6) is 0 Å². The molecule has 27 heavy (non-hydrogen) atoms. The van der Waals surface area contributed by atoms with Crippen LogP contribution in [0.1, 0.15) is 17.3 Å². The van der Waals surface area contributed by atoms with Crippen molar-refractivity contribution in [1.29, 1.82) is 0 Å². The van der Waals surface area contributed by atoms with Crippen LogP contribution in [0.15, 0.2) is 24.5 Å². The lowest BCUT2D eigenvalue weighted by Gasteiger charge is -2.20. The van der Waals surface area contributed by atoms with Crippen LogP contribution in [0, 0.1) is 0 Å². The summed E-state index contributed by atoms with van der Waals surface area (Å²) in [5, 5.41) is 0. The molecule has 2 amide bonds. The Kier molecular flexibility index (Phi) is 7.16. The molecule has 0 bridgehead atoms. The Morgan fingerprint density at radius 1 is 1.41 bits per heavy atom. The number of amides is 2. The van der Waals surface area contributed by atoms with Crippen LogP contribution in [0.25, 0.3) is 0 Å². The van der Waals surface area contributed by atoms with E-state index in [1.165, 1.54) is 33.5 Å². The standard InChI is InChI=1S/C15H20N4O6S2/c1-3-25-15(22)12-9-26-10-19(12)13(20)8-18-6-4-5-11(7-18)14(21)16-17-27(2,23)24/h4-7,12,17H,3,8-10H2,1-2H3/p+1. The van der Waals surface area contributed by atoms with Crippen molar-refractivity contribution in [2.45, 2.75) is 19.5 Å². The number of nitrogens with zero attached hydrogens (tertiary/aromatic N) is 2. The zero-order valence-corrected chi connectivity index (χ0v) is 16.5. The topological polar surface area (TPSA) is 126 Å². The summed E-state index contributed by atoms with van der Waals surface area (Å²) in [5.41, 5.74) is 2.23. The molecule has 1 aliphatic heterocycles. The summed E-state index contributed by atoms with van der Waals surface area (Å²) in [6, 6.07) is 2.42. The lowest BCUT2D eigenvalue weighted by atomic mass is 10.2. The molecular formula is C15H21N4O6S2+. The molecule has 0 radical (unpaired) electrons. The molecule has 1 fully saturated rings. The number of nitrogens with one attached hydrogen (secondary N) is 2. The van der Waals surface area contributed by atoms with Gasteiger partial charge in [-0.25, -0.2) is 13.2 Å². The van der Waals surface area contributed by atoms with E-state index in [9.17, 15) is 22.8 Å². The minimum atomic E-state index is -3.58. The molecule has 2 heterocycles. The van der Waals surface area contributed by atoms with Gasteiger partial charge >= 0.3 is 5.97 Å². The predicted octanol–water partition coefficient (Wildman–Crippen LogP) is -1.37. The number of carbonyl (C=O) groups excluding carboxylic acids is 3. The van der Waals surface area contributed by atoms with Crippen LogP contribution in [0.4, 0.5) is 0 Å². The fraction of sp³-hybridized carbons (Fsp3) is 0.467. The van der Waals surface area contributed by atoms with Crippen molar-refractivity contribution < 1.29 is 32.1 Å². The van der Waals surface area contributed by atoms with Crippen molar-refractivity contribution >= 4 is 39.6 Å². The monoisotopic (exact) mass is 417 g/mol. The van der Waals surface area contributed by atoms with Crippen molar-refractivity contribution in [2.75, 3.05) is 24.5 Å². The molecule has 0 saturated carbocycles. The molecule has 0 aliphatic carbocycles. The molecule has 1 saturated heterocycles. The second-order valence-corrected chi connectivity index (χ2v) is 8.47.